The number of nitrogens with one attached hydrogen (secondary N) is 1. The Morgan fingerprint density at radius 2 is 1.93 bits per heavy atom. The molecule has 9 nitrogen and oxygen atoms in total. The summed E-state index contributed by atoms with van der Waals surface area (Å²) in [4.78, 5) is 37.3. The average molecular weight is 576 g/mol. The molecule has 3 heterocycles. The van der Waals surface area contributed by atoms with Crippen LogP contribution in [0.1, 0.15) is 50.2 Å². The van der Waals surface area contributed by atoms with Crippen LogP contribution in [0.25, 0.3) is 16.5 Å². The lowest BCUT2D eigenvalue weighted by atomic mass is 10.0. The van der Waals surface area contributed by atoms with E-state index in [0.29, 0.717) is 33.5 Å². The number of amides is 1. The summed E-state index contributed by atoms with van der Waals surface area (Å²) in [6.07, 6.45) is 2.96. The van der Waals surface area contributed by atoms with E-state index in [9.17, 15) is 9.59 Å². The molecular formula is C32H29N7O2S. The van der Waals surface area contributed by atoms with Gasteiger partial charge >= 0.3 is 0 Å². The Hall–Kier alpha value is -5.27. The van der Waals surface area contributed by atoms with Crippen molar-refractivity contribution in [3.8, 4) is 17.5 Å². The average Bonchev–Trinajstić information content (AvgIpc) is 3.45. The first-order chi connectivity index (χ1) is 20.2. The maximum absolute atomic E-state index is 14.3. The molecule has 0 bridgehead atoms. The number of hydrogen-bond donors (Lipinski definition) is 2. The van der Waals surface area contributed by atoms with Crippen LogP contribution in [-0.2, 0) is 7.05 Å². The number of para-hydroxylation sites is 1. The lowest BCUT2D eigenvalue weighted by Crippen LogP contribution is -2.32. The van der Waals surface area contributed by atoms with Gasteiger partial charge in [0.1, 0.15) is 10.4 Å². The summed E-state index contributed by atoms with van der Waals surface area (Å²) in [6, 6.07) is 16.2. The molecule has 0 aliphatic heterocycles. The third kappa shape index (κ3) is 5.38. The largest absolute Gasteiger partial charge is 0.381 e. The maximum atomic E-state index is 14.3. The quantitative estimate of drug-likeness (QED) is 0.214. The van der Waals surface area contributed by atoms with Gasteiger partial charge in [0.2, 0.25) is 0 Å². The van der Waals surface area contributed by atoms with Crippen molar-refractivity contribution >= 4 is 45.9 Å². The second kappa shape index (κ2) is 11.7. The number of fused-ring (bicyclic) bond motifs is 1. The van der Waals surface area contributed by atoms with Crippen molar-refractivity contribution in [3.05, 3.63) is 110 Å². The number of anilines is 1. The zero-order valence-electron chi connectivity index (χ0n) is 23.7. The van der Waals surface area contributed by atoms with Crippen LogP contribution in [-0.4, -0.2) is 31.5 Å². The lowest BCUT2D eigenvalue weighted by Gasteiger charge is -2.21. The number of carbonyl (C=O) groups is 1. The van der Waals surface area contributed by atoms with Gasteiger partial charge in [0.15, 0.2) is 11.6 Å². The predicted molar refractivity (Wildman–Crippen MR) is 169 cm³/mol. The highest BCUT2D eigenvalue weighted by molar-refractivity contribution is 7.12. The summed E-state index contributed by atoms with van der Waals surface area (Å²) in [6.45, 7) is 9.31. The number of benzene rings is 2. The molecule has 0 aliphatic rings. The summed E-state index contributed by atoms with van der Waals surface area (Å²) in [5, 5.41) is 9.29. The summed E-state index contributed by atoms with van der Waals surface area (Å²) >= 11 is 1.52. The van der Waals surface area contributed by atoms with Crippen molar-refractivity contribution in [3.63, 3.8) is 0 Å². The van der Waals surface area contributed by atoms with Crippen LogP contribution in [0, 0.1) is 25.7 Å². The molecule has 0 saturated carbocycles. The van der Waals surface area contributed by atoms with E-state index in [-0.39, 0.29) is 16.9 Å². The van der Waals surface area contributed by atoms with Gasteiger partial charge in [-0.25, -0.2) is 14.7 Å². The van der Waals surface area contributed by atoms with Gasteiger partial charge in [-0.05, 0) is 56.3 Å². The van der Waals surface area contributed by atoms with E-state index in [1.807, 2.05) is 75.4 Å². The van der Waals surface area contributed by atoms with Crippen molar-refractivity contribution in [1.82, 2.24) is 24.6 Å². The Kier molecular flexibility index (Phi) is 7.86. The highest BCUT2D eigenvalue weighted by Crippen LogP contribution is 2.27. The van der Waals surface area contributed by atoms with Gasteiger partial charge in [-0.1, -0.05) is 48.9 Å². The van der Waals surface area contributed by atoms with Gasteiger partial charge in [-0.15, -0.1) is 11.3 Å². The highest BCUT2D eigenvalue weighted by atomic mass is 32.1. The summed E-state index contributed by atoms with van der Waals surface area (Å²) in [7, 11) is 1.65. The molecular weight excluding hydrogens is 546 g/mol. The van der Waals surface area contributed by atoms with E-state index >= 15 is 0 Å². The fourth-order valence-electron chi connectivity index (χ4n) is 4.79. The normalized spacial score (nSPS) is 11.8. The second-order valence-corrected chi connectivity index (χ2v) is 10.8. The van der Waals surface area contributed by atoms with Crippen LogP contribution in [0.2, 0.25) is 0 Å². The second-order valence-electron chi connectivity index (χ2n) is 9.63. The van der Waals surface area contributed by atoms with E-state index in [2.05, 4.69) is 38.8 Å². The zero-order valence-corrected chi connectivity index (χ0v) is 24.5. The number of hydrogen-bond acceptors (Lipinski definition) is 7. The number of rotatable bonds is 6. The summed E-state index contributed by atoms with van der Waals surface area (Å²) < 4.78 is 3.05. The summed E-state index contributed by atoms with van der Waals surface area (Å²) in [5.74, 6) is 6.28. The van der Waals surface area contributed by atoms with Gasteiger partial charge in [-0.2, -0.15) is 5.10 Å². The van der Waals surface area contributed by atoms with Gasteiger partial charge in [-0.3, -0.25) is 14.2 Å². The Morgan fingerprint density at radius 3 is 2.62 bits per heavy atom. The fourth-order valence-corrected chi connectivity index (χ4v) is 5.56. The summed E-state index contributed by atoms with van der Waals surface area (Å²) in [5.41, 5.74) is 8.71. The number of aliphatic imine (C=N–C) groups is 1. The molecule has 1 atom stereocenters. The third-order valence-electron chi connectivity index (χ3n) is 6.67. The number of nitrogen functional groups attached to an aromatic ring is 1. The van der Waals surface area contributed by atoms with E-state index < -0.39 is 11.9 Å². The SMILES string of the molecule is C=C/C=N\c1c(C(=O)NC(C)c2cc3cccc(C#Cc4sc(C)nc4C)c3c(=O)n2-c2ccccc2)c(N)nn1C. The van der Waals surface area contributed by atoms with Crippen molar-refractivity contribution < 1.29 is 4.79 Å². The molecule has 0 aliphatic carbocycles. The number of allylic oxidation sites excluding steroid dienone is 1. The molecule has 1 unspecified atom stereocenters. The number of pyridine rings is 1. The van der Waals surface area contributed by atoms with E-state index in [1.54, 1.807) is 11.6 Å². The van der Waals surface area contributed by atoms with Crippen LogP contribution in [0.3, 0.4) is 0 Å². The number of nitrogens with zero attached hydrogens (tertiary/aromatic N) is 5. The van der Waals surface area contributed by atoms with Crippen molar-refractivity contribution in [2.75, 3.05) is 5.73 Å². The molecule has 0 spiro atoms. The van der Waals surface area contributed by atoms with E-state index in [4.69, 9.17) is 5.73 Å². The van der Waals surface area contributed by atoms with Gasteiger partial charge in [0, 0.05) is 30.2 Å². The minimum absolute atomic E-state index is 0.0481. The van der Waals surface area contributed by atoms with Crippen molar-refractivity contribution in [1.29, 1.82) is 0 Å². The molecule has 0 fully saturated rings. The van der Waals surface area contributed by atoms with Gasteiger partial charge < -0.3 is 11.1 Å². The molecule has 0 radical (unpaired) electrons. The molecule has 2 aromatic carbocycles. The fraction of sp³-hybridized carbons (Fsp3) is 0.156. The Labute approximate surface area is 247 Å². The predicted octanol–water partition coefficient (Wildman–Crippen LogP) is 5.16. The number of carbonyl (C=O) groups excluding carboxylic acids is 1. The Bertz CT molecular complexity index is 1990. The lowest BCUT2D eigenvalue weighted by molar-refractivity contribution is 0.0940. The van der Waals surface area contributed by atoms with Crippen molar-refractivity contribution in [2.24, 2.45) is 12.0 Å². The van der Waals surface area contributed by atoms with Crippen LogP contribution >= 0.6 is 11.3 Å². The van der Waals surface area contributed by atoms with Gasteiger partial charge in [0.25, 0.3) is 11.5 Å². The molecule has 210 valence electrons. The van der Waals surface area contributed by atoms with Crippen LogP contribution < -0.4 is 16.6 Å². The smallest absolute Gasteiger partial charge is 0.264 e. The number of nitrogens with two attached hydrogens (primary N) is 1. The van der Waals surface area contributed by atoms with Crippen LogP contribution in [0.15, 0.2) is 77.0 Å². The molecule has 5 rings (SSSR count). The molecule has 42 heavy (non-hydrogen) atoms. The first-order valence-corrected chi connectivity index (χ1v) is 14.0. The minimum Gasteiger partial charge on any atom is -0.381 e. The van der Waals surface area contributed by atoms with Crippen LogP contribution in [0.4, 0.5) is 11.6 Å². The number of thiazole rings is 1. The molecule has 3 aromatic heterocycles. The third-order valence-corrected chi connectivity index (χ3v) is 7.66. The first kappa shape index (κ1) is 28.3. The monoisotopic (exact) mass is 575 g/mol. The Morgan fingerprint density at radius 1 is 1.17 bits per heavy atom. The molecule has 1 amide bonds. The van der Waals surface area contributed by atoms with Gasteiger partial charge in [0.05, 0.1) is 22.1 Å². The molecule has 3 N–H and O–H groups in total. The number of aromatic nitrogens is 4. The highest BCUT2D eigenvalue weighted by Gasteiger charge is 2.25. The van der Waals surface area contributed by atoms with Crippen molar-refractivity contribution in [2.45, 2.75) is 26.8 Å². The zero-order chi connectivity index (χ0) is 30.0. The number of aryl methyl sites for hydroxylation is 3. The van der Waals surface area contributed by atoms with E-state index in [0.717, 1.165) is 15.6 Å². The first-order valence-electron chi connectivity index (χ1n) is 13.2. The minimum atomic E-state index is -0.594. The topological polar surface area (TPSA) is 120 Å². The molecule has 10 heteroatoms. The maximum Gasteiger partial charge on any atom is 0.264 e. The molecule has 5 aromatic rings. The standard InChI is InChI=1S/C32H29N7O2S/c1-6-17-34-30-28(29(33)37-38(30)5)31(40)36-19(2)25-18-23-12-10-11-22(15-16-26-20(3)35-21(4)42-26)27(23)32(41)39(25)24-13-8-7-9-14-24/h6-14,17-19H,1H2,2-5H3,(H2,33,37)(H,36,40)/b34-17-. The van der Waals surface area contributed by atoms with E-state index in [1.165, 1.54) is 28.3 Å². The Balaban J connectivity index is 1.64. The van der Waals surface area contributed by atoms with Crippen LogP contribution in [0.5, 0.6) is 0 Å². The molecule has 0 saturated heterocycles.